The highest BCUT2D eigenvalue weighted by molar-refractivity contribution is 5.95. The second-order valence-corrected chi connectivity index (χ2v) is 6.24. The third-order valence-electron chi connectivity index (χ3n) is 4.38. The average molecular weight is 365 g/mol. The molecule has 0 fully saturated rings. The summed E-state index contributed by atoms with van der Waals surface area (Å²) in [6, 6.07) is 11.6. The van der Waals surface area contributed by atoms with Crippen molar-refractivity contribution in [2.24, 2.45) is 0 Å². The second kappa shape index (κ2) is 8.40. The maximum Gasteiger partial charge on any atom is 0.251 e. The minimum Gasteiger partial charge on any atom is -0.496 e. The van der Waals surface area contributed by atoms with E-state index in [0.717, 1.165) is 23.2 Å². The van der Waals surface area contributed by atoms with Crippen LogP contribution in [0.4, 0.5) is 0 Å². The molecular formula is C21H23N3O3. The van der Waals surface area contributed by atoms with Crippen molar-refractivity contribution in [2.75, 3.05) is 14.2 Å². The molecule has 2 aromatic carbocycles. The van der Waals surface area contributed by atoms with Crippen molar-refractivity contribution in [3.8, 4) is 11.5 Å². The number of rotatable bonds is 7. The maximum atomic E-state index is 12.6. The highest BCUT2D eigenvalue weighted by Crippen LogP contribution is 2.29. The summed E-state index contributed by atoms with van der Waals surface area (Å²) in [4.78, 5) is 16.6. The molecule has 0 saturated heterocycles. The van der Waals surface area contributed by atoms with Gasteiger partial charge in [0.05, 0.1) is 20.5 Å². The van der Waals surface area contributed by atoms with E-state index < -0.39 is 0 Å². The summed E-state index contributed by atoms with van der Waals surface area (Å²) in [5.41, 5.74) is 3.55. The van der Waals surface area contributed by atoms with Crippen LogP contribution in [0, 0.1) is 6.92 Å². The van der Waals surface area contributed by atoms with Gasteiger partial charge >= 0.3 is 0 Å². The second-order valence-electron chi connectivity index (χ2n) is 6.24. The zero-order chi connectivity index (χ0) is 19.2. The Morgan fingerprint density at radius 1 is 1.11 bits per heavy atom. The van der Waals surface area contributed by atoms with Crippen molar-refractivity contribution >= 4 is 5.91 Å². The van der Waals surface area contributed by atoms with Gasteiger partial charge in [-0.05, 0) is 30.2 Å². The number of benzene rings is 2. The normalized spacial score (nSPS) is 10.5. The fourth-order valence-electron chi connectivity index (χ4n) is 2.93. The zero-order valence-corrected chi connectivity index (χ0v) is 15.7. The van der Waals surface area contributed by atoms with Crippen LogP contribution in [0.2, 0.25) is 0 Å². The Balaban J connectivity index is 1.69. The van der Waals surface area contributed by atoms with Gasteiger partial charge in [0.15, 0.2) is 0 Å². The van der Waals surface area contributed by atoms with Gasteiger partial charge in [-0.1, -0.05) is 24.3 Å². The zero-order valence-electron chi connectivity index (χ0n) is 15.7. The predicted octanol–water partition coefficient (Wildman–Crippen LogP) is 3.19. The van der Waals surface area contributed by atoms with Gasteiger partial charge in [-0.2, -0.15) is 0 Å². The number of amides is 1. The summed E-state index contributed by atoms with van der Waals surface area (Å²) < 4.78 is 12.7. The van der Waals surface area contributed by atoms with E-state index in [0.29, 0.717) is 23.6 Å². The van der Waals surface area contributed by atoms with Crippen LogP contribution in [-0.4, -0.2) is 29.7 Å². The molecular weight excluding hydrogens is 342 g/mol. The monoisotopic (exact) mass is 365 g/mol. The van der Waals surface area contributed by atoms with E-state index >= 15 is 0 Å². The molecule has 6 nitrogen and oxygen atoms in total. The minimum absolute atomic E-state index is 0.174. The molecule has 0 aliphatic heterocycles. The molecule has 0 spiro atoms. The molecule has 1 aromatic heterocycles. The topological polar surface area (TPSA) is 65.4 Å². The number of methoxy groups -OCH3 is 2. The lowest BCUT2D eigenvalue weighted by Gasteiger charge is -2.13. The van der Waals surface area contributed by atoms with E-state index in [9.17, 15) is 4.79 Å². The molecule has 0 aliphatic carbocycles. The van der Waals surface area contributed by atoms with Gasteiger partial charge in [-0.25, -0.2) is 4.98 Å². The van der Waals surface area contributed by atoms with Crippen molar-refractivity contribution in [3.05, 3.63) is 77.4 Å². The highest BCUT2D eigenvalue weighted by atomic mass is 16.5. The number of nitrogens with one attached hydrogen (secondary N) is 1. The van der Waals surface area contributed by atoms with Crippen molar-refractivity contribution in [1.82, 2.24) is 14.9 Å². The fraction of sp³-hybridized carbons (Fsp3) is 0.238. The molecule has 0 saturated carbocycles. The number of ether oxygens (including phenoxy) is 2. The summed E-state index contributed by atoms with van der Waals surface area (Å²) in [5, 5.41) is 2.95. The molecule has 0 radical (unpaired) electrons. The third kappa shape index (κ3) is 4.47. The Labute approximate surface area is 158 Å². The van der Waals surface area contributed by atoms with Gasteiger partial charge in [-0.15, -0.1) is 0 Å². The Morgan fingerprint density at radius 2 is 1.81 bits per heavy atom. The quantitative estimate of drug-likeness (QED) is 0.698. The largest absolute Gasteiger partial charge is 0.496 e. The Morgan fingerprint density at radius 3 is 2.44 bits per heavy atom. The summed E-state index contributed by atoms with van der Waals surface area (Å²) >= 11 is 0. The van der Waals surface area contributed by atoms with E-state index in [1.807, 2.05) is 29.8 Å². The fourth-order valence-corrected chi connectivity index (χ4v) is 2.93. The first-order chi connectivity index (χ1) is 13.1. The van der Waals surface area contributed by atoms with Gasteiger partial charge in [0, 0.05) is 36.6 Å². The smallest absolute Gasteiger partial charge is 0.251 e. The van der Waals surface area contributed by atoms with Crippen molar-refractivity contribution < 1.29 is 14.3 Å². The average Bonchev–Trinajstić information content (AvgIpc) is 3.19. The van der Waals surface area contributed by atoms with Crippen LogP contribution >= 0.6 is 0 Å². The van der Waals surface area contributed by atoms with Gasteiger partial charge in [0.25, 0.3) is 5.91 Å². The van der Waals surface area contributed by atoms with Crippen molar-refractivity contribution in [3.63, 3.8) is 0 Å². The Bertz CT molecular complexity index is 895. The summed E-state index contributed by atoms with van der Waals surface area (Å²) in [6.45, 7) is 3.08. The van der Waals surface area contributed by atoms with Crippen LogP contribution in [-0.2, 0) is 13.1 Å². The lowest BCUT2D eigenvalue weighted by atomic mass is 10.1. The van der Waals surface area contributed by atoms with Crippen LogP contribution < -0.4 is 14.8 Å². The molecule has 1 heterocycles. The summed E-state index contributed by atoms with van der Waals surface area (Å²) in [7, 11) is 3.16. The first-order valence-electron chi connectivity index (χ1n) is 8.65. The van der Waals surface area contributed by atoms with Crippen LogP contribution in [0.5, 0.6) is 11.5 Å². The molecule has 6 heteroatoms. The van der Waals surface area contributed by atoms with Crippen LogP contribution in [0.3, 0.4) is 0 Å². The van der Waals surface area contributed by atoms with Crippen LogP contribution in [0.15, 0.2) is 55.1 Å². The number of carbonyl (C=O) groups is 1. The van der Waals surface area contributed by atoms with Gasteiger partial charge in [0.1, 0.15) is 11.5 Å². The molecule has 140 valence electrons. The van der Waals surface area contributed by atoms with E-state index in [-0.39, 0.29) is 5.91 Å². The Hall–Kier alpha value is -3.28. The number of hydrogen-bond acceptors (Lipinski definition) is 4. The molecule has 3 rings (SSSR count). The van der Waals surface area contributed by atoms with Gasteiger partial charge in [-0.3, -0.25) is 4.79 Å². The molecule has 3 aromatic rings. The first-order valence-corrected chi connectivity index (χ1v) is 8.65. The predicted molar refractivity (Wildman–Crippen MR) is 103 cm³/mol. The summed E-state index contributed by atoms with van der Waals surface area (Å²) in [6.07, 6.45) is 5.47. The lowest BCUT2D eigenvalue weighted by molar-refractivity contribution is 0.0950. The van der Waals surface area contributed by atoms with Crippen molar-refractivity contribution in [2.45, 2.75) is 20.0 Å². The van der Waals surface area contributed by atoms with E-state index in [2.05, 4.69) is 22.4 Å². The molecule has 0 unspecified atom stereocenters. The number of aromatic nitrogens is 2. The third-order valence-corrected chi connectivity index (χ3v) is 4.38. The minimum atomic E-state index is -0.174. The van der Waals surface area contributed by atoms with Crippen LogP contribution in [0.1, 0.15) is 27.0 Å². The van der Waals surface area contributed by atoms with Crippen molar-refractivity contribution in [1.29, 1.82) is 0 Å². The number of carbonyl (C=O) groups excluding carboxylic acids is 1. The van der Waals surface area contributed by atoms with Gasteiger partial charge in [0.2, 0.25) is 0 Å². The molecule has 0 aliphatic rings. The molecule has 1 amide bonds. The lowest BCUT2D eigenvalue weighted by Crippen LogP contribution is -2.23. The molecule has 1 N–H and O–H groups in total. The SMILES string of the molecule is COc1cc(C(=O)NCc2cccc(Cn3ccnc3)c2)cc(OC)c1C. The summed E-state index contributed by atoms with van der Waals surface area (Å²) in [5.74, 6) is 1.08. The first kappa shape index (κ1) is 18.5. The molecule has 27 heavy (non-hydrogen) atoms. The van der Waals surface area contributed by atoms with E-state index in [1.165, 1.54) is 0 Å². The molecule has 0 atom stereocenters. The maximum absolute atomic E-state index is 12.6. The Kier molecular flexibility index (Phi) is 5.76. The van der Waals surface area contributed by atoms with E-state index in [1.54, 1.807) is 38.9 Å². The highest BCUT2D eigenvalue weighted by Gasteiger charge is 2.13. The number of hydrogen-bond donors (Lipinski definition) is 1. The van der Waals surface area contributed by atoms with Crippen LogP contribution in [0.25, 0.3) is 0 Å². The van der Waals surface area contributed by atoms with Gasteiger partial charge < -0.3 is 19.4 Å². The van der Waals surface area contributed by atoms with E-state index in [4.69, 9.17) is 9.47 Å². The number of nitrogens with zero attached hydrogens (tertiary/aromatic N) is 2. The number of imidazole rings is 1. The standard InChI is InChI=1S/C21H23N3O3/c1-15-19(26-2)10-18(11-20(15)27-3)21(25)23-12-16-5-4-6-17(9-16)13-24-8-7-22-14-24/h4-11,14H,12-13H2,1-3H3,(H,23,25). The molecule has 0 bridgehead atoms.